The summed E-state index contributed by atoms with van der Waals surface area (Å²) < 4.78 is 0. The van der Waals surface area contributed by atoms with Crippen LogP contribution >= 0.6 is 11.6 Å². The molecule has 2 aliphatic rings. The number of hydrogen-bond donors (Lipinski definition) is 1. The van der Waals surface area contributed by atoms with E-state index in [1.54, 1.807) is 0 Å². The Balaban J connectivity index is 1.70. The van der Waals surface area contributed by atoms with Crippen molar-refractivity contribution in [3.05, 3.63) is 0 Å². The first kappa shape index (κ1) is 9.32. The Morgan fingerprint density at radius 2 is 2.15 bits per heavy atom. The number of carbonyl (C=O) groups is 1. The van der Waals surface area contributed by atoms with Gasteiger partial charge in [0.15, 0.2) is 0 Å². The van der Waals surface area contributed by atoms with Gasteiger partial charge in [-0.05, 0) is 31.1 Å². The molecule has 0 saturated heterocycles. The third kappa shape index (κ3) is 1.69. The fraction of sp³-hybridized carbons (Fsp3) is 0.900. The molecule has 0 aromatic heterocycles. The molecule has 0 aliphatic heterocycles. The van der Waals surface area contributed by atoms with Crippen LogP contribution in [0.4, 0.5) is 0 Å². The van der Waals surface area contributed by atoms with Crippen LogP contribution in [0.3, 0.4) is 0 Å². The van der Waals surface area contributed by atoms with E-state index in [4.69, 9.17) is 11.6 Å². The maximum Gasteiger partial charge on any atom is 0.223 e. The third-order valence-electron chi connectivity index (χ3n) is 3.54. The van der Waals surface area contributed by atoms with Gasteiger partial charge in [0.05, 0.1) is 0 Å². The molecule has 0 radical (unpaired) electrons. The Bertz CT molecular complexity index is 205. The summed E-state index contributed by atoms with van der Waals surface area (Å²) in [4.78, 5) is 11.4. The van der Waals surface area contributed by atoms with Crippen LogP contribution in [0.25, 0.3) is 0 Å². The van der Waals surface area contributed by atoms with E-state index in [0.717, 1.165) is 12.8 Å². The molecule has 2 nitrogen and oxygen atoms in total. The summed E-state index contributed by atoms with van der Waals surface area (Å²) in [5.74, 6) is 1.03. The first-order valence-corrected chi connectivity index (χ1v) is 5.63. The van der Waals surface area contributed by atoms with Crippen LogP contribution in [0, 0.1) is 11.3 Å². The topological polar surface area (TPSA) is 29.1 Å². The van der Waals surface area contributed by atoms with Crippen molar-refractivity contribution in [3.8, 4) is 0 Å². The predicted octanol–water partition coefficient (Wildman–Crippen LogP) is 1.92. The standard InChI is InChI=1S/C10H16ClNO/c11-4-5-12-9(13)8-6-10(7-8)2-1-3-10/h8H,1-7H2,(H,12,13). The highest BCUT2D eigenvalue weighted by Gasteiger charge is 2.50. The molecule has 3 heteroatoms. The Morgan fingerprint density at radius 1 is 1.46 bits per heavy atom. The molecule has 0 atom stereocenters. The van der Waals surface area contributed by atoms with Gasteiger partial charge in [-0.3, -0.25) is 4.79 Å². The summed E-state index contributed by atoms with van der Waals surface area (Å²) in [6, 6.07) is 0. The second-order valence-corrected chi connectivity index (χ2v) is 4.82. The largest absolute Gasteiger partial charge is 0.355 e. The molecule has 1 spiro atoms. The lowest BCUT2D eigenvalue weighted by molar-refractivity contribution is -0.136. The highest BCUT2D eigenvalue weighted by atomic mass is 35.5. The van der Waals surface area contributed by atoms with Crippen molar-refractivity contribution in [2.75, 3.05) is 12.4 Å². The SMILES string of the molecule is O=C(NCCCl)C1CC2(CCC2)C1. The minimum absolute atomic E-state index is 0.221. The summed E-state index contributed by atoms with van der Waals surface area (Å²) >= 11 is 5.49. The lowest BCUT2D eigenvalue weighted by Gasteiger charge is -2.53. The van der Waals surface area contributed by atoms with Gasteiger partial charge in [0, 0.05) is 18.3 Å². The maximum atomic E-state index is 11.4. The second-order valence-electron chi connectivity index (χ2n) is 4.44. The number of rotatable bonds is 3. The summed E-state index contributed by atoms with van der Waals surface area (Å²) in [7, 11) is 0. The highest BCUT2D eigenvalue weighted by molar-refractivity contribution is 6.18. The van der Waals surface area contributed by atoms with Crippen molar-refractivity contribution in [2.24, 2.45) is 11.3 Å². The monoisotopic (exact) mass is 201 g/mol. The van der Waals surface area contributed by atoms with Crippen LogP contribution in [0.5, 0.6) is 0 Å². The highest BCUT2D eigenvalue weighted by Crippen LogP contribution is 2.58. The zero-order valence-corrected chi connectivity index (χ0v) is 8.57. The number of alkyl halides is 1. The average Bonchev–Trinajstić information content (AvgIpc) is 1.95. The quantitative estimate of drug-likeness (QED) is 0.695. The first-order chi connectivity index (χ1) is 6.26. The van der Waals surface area contributed by atoms with Gasteiger partial charge in [0.1, 0.15) is 0 Å². The smallest absolute Gasteiger partial charge is 0.223 e. The van der Waals surface area contributed by atoms with Gasteiger partial charge < -0.3 is 5.32 Å². The van der Waals surface area contributed by atoms with E-state index < -0.39 is 0 Å². The molecular weight excluding hydrogens is 186 g/mol. The number of nitrogens with one attached hydrogen (secondary N) is 1. The minimum atomic E-state index is 0.221. The van der Waals surface area contributed by atoms with Gasteiger partial charge in [-0.25, -0.2) is 0 Å². The molecule has 13 heavy (non-hydrogen) atoms. The Kier molecular flexibility index (Phi) is 2.50. The van der Waals surface area contributed by atoms with Gasteiger partial charge in [-0.2, -0.15) is 0 Å². The van der Waals surface area contributed by atoms with Gasteiger partial charge >= 0.3 is 0 Å². The van der Waals surface area contributed by atoms with E-state index in [1.165, 1.54) is 19.3 Å². The van der Waals surface area contributed by atoms with E-state index in [-0.39, 0.29) is 5.91 Å². The van der Waals surface area contributed by atoms with Crippen LogP contribution in [-0.2, 0) is 4.79 Å². The van der Waals surface area contributed by atoms with Crippen LogP contribution in [-0.4, -0.2) is 18.3 Å². The van der Waals surface area contributed by atoms with Crippen molar-refractivity contribution < 1.29 is 4.79 Å². The average molecular weight is 202 g/mol. The minimum Gasteiger partial charge on any atom is -0.355 e. The number of amides is 1. The van der Waals surface area contributed by atoms with Crippen molar-refractivity contribution in [1.82, 2.24) is 5.32 Å². The number of hydrogen-bond acceptors (Lipinski definition) is 1. The molecular formula is C10H16ClNO. The zero-order chi connectivity index (χ0) is 9.31. The van der Waals surface area contributed by atoms with Gasteiger partial charge in [-0.1, -0.05) is 6.42 Å². The molecule has 1 amide bonds. The summed E-state index contributed by atoms with van der Waals surface area (Å²) in [5.41, 5.74) is 0.600. The van der Waals surface area contributed by atoms with Crippen molar-refractivity contribution >= 4 is 17.5 Å². The summed E-state index contributed by atoms with van der Waals surface area (Å²) in [5, 5.41) is 2.85. The van der Waals surface area contributed by atoms with E-state index in [2.05, 4.69) is 5.32 Å². The molecule has 0 aromatic rings. The Labute approximate surface area is 84.0 Å². The van der Waals surface area contributed by atoms with Crippen LogP contribution in [0.1, 0.15) is 32.1 Å². The molecule has 0 unspecified atom stereocenters. The molecule has 2 aliphatic carbocycles. The fourth-order valence-electron chi connectivity index (χ4n) is 2.57. The Morgan fingerprint density at radius 3 is 2.62 bits per heavy atom. The van der Waals surface area contributed by atoms with Crippen LogP contribution < -0.4 is 5.32 Å². The number of carbonyl (C=O) groups excluding carboxylic acids is 1. The van der Waals surface area contributed by atoms with Gasteiger partial charge in [-0.15, -0.1) is 11.6 Å². The van der Waals surface area contributed by atoms with Crippen molar-refractivity contribution in [1.29, 1.82) is 0 Å². The normalized spacial score (nSPS) is 25.0. The van der Waals surface area contributed by atoms with E-state index >= 15 is 0 Å². The zero-order valence-electron chi connectivity index (χ0n) is 7.81. The molecule has 2 saturated carbocycles. The third-order valence-corrected chi connectivity index (χ3v) is 3.73. The molecule has 0 heterocycles. The lowest BCUT2D eigenvalue weighted by atomic mass is 9.51. The van der Waals surface area contributed by atoms with E-state index in [9.17, 15) is 4.79 Å². The summed E-state index contributed by atoms with van der Waals surface area (Å²) in [6.45, 7) is 0.615. The molecule has 2 rings (SSSR count). The molecule has 0 aromatic carbocycles. The molecule has 2 fully saturated rings. The summed E-state index contributed by atoms with van der Waals surface area (Å²) in [6.07, 6.45) is 6.33. The van der Waals surface area contributed by atoms with Crippen LogP contribution in [0.15, 0.2) is 0 Å². The van der Waals surface area contributed by atoms with Gasteiger partial charge in [0.2, 0.25) is 5.91 Å². The predicted molar refractivity (Wildman–Crippen MR) is 52.7 cm³/mol. The maximum absolute atomic E-state index is 11.4. The van der Waals surface area contributed by atoms with Gasteiger partial charge in [0.25, 0.3) is 0 Å². The van der Waals surface area contributed by atoms with E-state index in [0.29, 0.717) is 23.8 Å². The second kappa shape index (κ2) is 3.49. The van der Waals surface area contributed by atoms with Crippen molar-refractivity contribution in [3.63, 3.8) is 0 Å². The molecule has 1 N–H and O–H groups in total. The molecule has 0 bridgehead atoms. The number of halogens is 1. The Hall–Kier alpha value is -0.240. The van der Waals surface area contributed by atoms with Crippen molar-refractivity contribution in [2.45, 2.75) is 32.1 Å². The first-order valence-electron chi connectivity index (χ1n) is 5.09. The molecule has 74 valence electrons. The fourth-order valence-corrected chi connectivity index (χ4v) is 2.67. The van der Waals surface area contributed by atoms with E-state index in [1.807, 2.05) is 0 Å². The van der Waals surface area contributed by atoms with Crippen LogP contribution in [0.2, 0.25) is 0 Å². The lowest BCUT2D eigenvalue weighted by Crippen LogP contribution is -2.49.